The summed E-state index contributed by atoms with van der Waals surface area (Å²) in [5.74, 6) is 0.516. The molecule has 1 aromatic heterocycles. The predicted molar refractivity (Wildman–Crippen MR) is 110 cm³/mol. The fourth-order valence-electron chi connectivity index (χ4n) is 2.25. The minimum atomic E-state index is -0.230. The van der Waals surface area contributed by atoms with Crippen LogP contribution in [0.4, 0.5) is 4.39 Å². The summed E-state index contributed by atoms with van der Waals surface area (Å²) in [7, 11) is 0. The molecule has 132 valence electrons. The molecule has 0 aliphatic heterocycles. The van der Waals surface area contributed by atoms with Gasteiger partial charge in [-0.3, -0.25) is 0 Å². The Morgan fingerprint density at radius 1 is 1.29 bits per heavy atom. The molecule has 0 fully saturated rings. The van der Waals surface area contributed by atoms with Crippen LogP contribution in [0.15, 0.2) is 29.3 Å². The highest BCUT2D eigenvalue weighted by atomic mass is 127. The van der Waals surface area contributed by atoms with Crippen LogP contribution in [0.1, 0.15) is 28.1 Å². The zero-order chi connectivity index (χ0) is 16.7. The summed E-state index contributed by atoms with van der Waals surface area (Å²) in [5, 5.41) is 7.62. The van der Waals surface area contributed by atoms with Gasteiger partial charge in [-0.15, -0.1) is 35.3 Å². The van der Waals surface area contributed by atoms with Gasteiger partial charge in [0.25, 0.3) is 0 Å². The summed E-state index contributed by atoms with van der Waals surface area (Å²) in [6.07, 6.45) is 0.918. The van der Waals surface area contributed by atoms with Crippen molar-refractivity contribution in [1.29, 1.82) is 0 Å². The lowest BCUT2D eigenvalue weighted by atomic mass is 10.2. The Hall–Kier alpha value is -1.22. The van der Waals surface area contributed by atoms with E-state index < -0.39 is 0 Å². The van der Waals surface area contributed by atoms with Gasteiger partial charge in [0.1, 0.15) is 5.82 Å². The summed E-state index contributed by atoms with van der Waals surface area (Å²) < 4.78 is 13.2. The van der Waals surface area contributed by atoms with E-state index in [-0.39, 0.29) is 29.8 Å². The second-order valence-corrected chi connectivity index (χ2v) is 6.53. The molecule has 2 rings (SSSR count). The molecule has 0 spiro atoms. The Labute approximate surface area is 164 Å². The van der Waals surface area contributed by atoms with Gasteiger partial charge >= 0.3 is 0 Å². The molecular weight excluding hydrogens is 438 g/mol. The molecule has 0 atom stereocenters. The SMILES string of the molecule is CCNC(=NCc1cccc(F)c1)NCCc1sc(C)nc1C.I. The largest absolute Gasteiger partial charge is 0.357 e. The molecule has 0 radical (unpaired) electrons. The number of aryl methyl sites for hydroxylation is 2. The van der Waals surface area contributed by atoms with Crippen LogP contribution < -0.4 is 10.6 Å². The fraction of sp³-hybridized carbons (Fsp3) is 0.412. The highest BCUT2D eigenvalue weighted by Crippen LogP contribution is 2.17. The van der Waals surface area contributed by atoms with Crippen molar-refractivity contribution in [3.05, 3.63) is 51.2 Å². The maximum Gasteiger partial charge on any atom is 0.191 e. The molecule has 2 aromatic rings. The monoisotopic (exact) mass is 462 g/mol. The lowest BCUT2D eigenvalue weighted by molar-refractivity contribution is 0.625. The number of aromatic nitrogens is 1. The number of rotatable bonds is 6. The van der Waals surface area contributed by atoms with Crippen molar-refractivity contribution < 1.29 is 4.39 Å². The number of guanidine groups is 1. The molecule has 7 heteroatoms. The summed E-state index contributed by atoms with van der Waals surface area (Å²) in [6, 6.07) is 6.53. The van der Waals surface area contributed by atoms with E-state index in [4.69, 9.17) is 0 Å². The first-order valence-corrected chi connectivity index (χ1v) is 8.59. The Balaban J connectivity index is 0.00000288. The molecule has 4 nitrogen and oxygen atoms in total. The van der Waals surface area contributed by atoms with E-state index in [0.717, 1.165) is 41.7 Å². The summed E-state index contributed by atoms with van der Waals surface area (Å²) in [6.45, 7) is 8.12. The lowest BCUT2D eigenvalue weighted by Gasteiger charge is -2.11. The van der Waals surface area contributed by atoms with Crippen molar-refractivity contribution in [2.45, 2.75) is 33.7 Å². The van der Waals surface area contributed by atoms with Crippen LogP contribution in [0.3, 0.4) is 0 Å². The normalized spacial score (nSPS) is 11.1. The number of hydrogen-bond donors (Lipinski definition) is 2. The Morgan fingerprint density at radius 2 is 2.08 bits per heavy atom. The van der Waals surface area contributed by atoms with Crippen molar-refractivity contribution in [3.63, 3.8) is 0 Å². The second-order valence-electron chi connectivity index (χ2n) is 5.24. The van der Waals surface area contributed by atoms with Crippen molar-refractivity contribution in [2.24, 2.45) is 4.99 Å². The maximum absolute atomic E-state index is 13.2. The van der Waals surface area contributed by atoms with Crippen LogP contribution in [0.5, 0.6) is 0 Å². The Kier molecular flexibility index (Phi) is 9.20. The minimum absolute atomic E-state index is 0. The van der Waals surface area contributed by atoms with Crippen molar-refractivity contribution in [1.82, 2.24) is 15.6 Å². The molecule has 0 saturated heterocycles. The topological polar surface area (TPSA) is 49.3 Å². The van der Waals surface area contributed by atoms with E-state index in [0.29, 0.717) is 6.54 Å². The number of nitrogens with zero attached hydrogens (tertiary/aromatic N) is 2. The minimum Gasteiger partial charge on any atom is -0.357 e. The summed E-state index contributed by atoms with van der Waals surface area (Å²) in [5.41, 5.74) is 1.96. The van der Waals surface area contributed by atoms with Crippen LogP contribution in [-0.4, -0.2) is 24.0 Å². The quantitative estimate of drug-likeness (QED) is 0.390. The van der Waals surface area contributed by atoms with Crippen LogP contribution in [0.25, 0.3) is 0 Å². The average Bonchev–Trinajstić information content (AvgIpc) is 2.83. The van der Waals surface area contributed by atoms with Crippen LogP contribution in [0, 0.1) is 19.7 Å². The molecular formula is C17H24FIN4S. The molecule has 0 unspecified atom stereocenters. The van der Waals surface area contributed by atoms with Gasteiger partial charge in [0.05, 0.1) is 17.2 Å². The second kappa shape index (κ2) is 10.6. The third-order valence-corrected chi connectivity index (χ3v) is 4.43. The third-order valence-electron chi connectivity index (χ3n) is 3.30. The van der Waals surface area contributed by atoms with Crippen LogP contribution >= 0.6 is 35.3 Å². The van der Waals surface area contributed by atoms with E-state index in [1.54, 1.807) is 17.4 Å². The zero-order valence-electron chi connectivity index (χ0n) is 14.2. The summed E-state index contributed by atoms with van der Waals surface area (Å²) >= 11 is 1.74. The van der Waals surface area contributed by atoms with E-state index in [1.165, 1.54) is 17.0 Å². The first-order valence-electron chi connectivity index (χ1n) is 7.78. The fourth-order valence-corrected chi connectivity index (χ4v) is 3.18. The number of thiazole rings is 1. The smallest absolute Gasteiger partial charge is 0.191 e. The highest BCUT2D eigenvalue weighted by Gasteiger charge is 2.05. The Morgan fingerprint density at radius 3 is 2.71 bits per heavy atom. The van der Waals surface area contributed by atoms with Gasteiger partial charge in [0, 0.05) is 24.4 Å². The van der Waals surface area contributed by atoms with Gasteiger partial charge in [-0.1, -0.05) is 12.1 Å². The number of aliphatic imine (C=N–C) groups is 1. The molecule has 2 N–H and O–H groups in total. The number of halogens is 2. The highest BCUT2D eigenvalue weighted by molar-refractivity contribution is 14.0. The van der Waals surface area contributed by atoms with Gasteiger partial charge in [0.15, 0.2) is 5.96 Å². The average molecular weight is 462 g/mol. The molecule has 0 bridgehead atoms. The van der Waals surface area contributed by atoms with Gasteiger partial charge in [0.2, 0.25) is 0 Å². The van der Waals surface area contributed by atoms with Crippen molar-refractivity contribution >= 4 is 41.3 Å². The van der Waals surface area contributed by atoms with Crippen molar-refractivity contribution in [2.75, 3.05) is 13.1 Å². The summed E-state index contributed by atoms with van der Waals surface area (Å²) in [4.78, 5) is 10.2. The van der Waals surface area contributed by atoms with Gasteiger partial charge in [-0.2, -0.15) is 0 Å². The van der Waals surface area contributed by atoms with E-state index in [1.807, 2.05) is 26.8 Å². The number of nitrogens with one attached hydrogen (secondary N) is 2. The van der Waals surface area contributed by atoms with E-state index in [2.05, 4.69) is 20.6 Å². The standard InChI is InChI=1S/C17H23FN4S.HI/c1-4-19-17(21-11-14-6-5-7-15(18)10-14)20-9-8-16-12(2)22-13(3)23-16;/h5-7,10H,4,8-9,11H2,1-3H3,(H2,19,20,21);1H. The molecule has 0 saturated carbocycles. The first-order chi connectivity index (χ1) is 11.1. The molecule has 24 heavy (non-hydrogen) atoms. The lowest BCUT2D eigenvalue weighted by Crippen LogP contribution is -2.38. The zero-order valence-corrected chi connectivity index (χ0v) is 17.4. The number of hydrogen-bond acceptors (Lipinski definition) is 3. The maximum atomic E-state index is 13.2. The number of benzene rings is 1. The van der Waals surface area contributed by atoms with Gasteiger partial charge < -0.3 is 10.6 Å². The van der Waals surface area contributed by atoms with Crippen LogP contribution in [-0.2, 0) is 13.0 Å². The van der Waals surface area contributed by atoms with Crippen molar-refractivity contribution in [3.8, 4) is 0 Å². The molecule has 0 aliphatic carbocycles. The predicted octanol–water partition coefficient (Wildman–Crippen LogP) is 3.81. The molecule has 1 aromatic carbocycles. The molecule has 0 amide bonds. The first kappa shape index (κ1) is 20.8. The van der Waals surface area contributed by atoms with Gasteiger partial charge in [-0.25, -0.2) is 14.4 Å². The molecule has 1 heterocycles. The van der Waals surface area contributed by atoms with E-state index in [9.17, 15) is 4.39 Å². The van der Waals surface area contributed by atoms with Gasteiger partial charge in [-0.05, 0) is 38.5 Å². The molecule has 0 aliphatic rings. The third kappa shape index (κ3) is 6.72. The van der Waals surface area contributed by atoms with E-state index >= 15 is 0 Å². The van der Waals surface area contributed by atoms with Crippen LogP contribution in [0.2, 0.25) is 0 Å². The Bertz CT molecular complexity index is 672.